The molecule has 1 aromatic carbocycles. The van der Waals surface area contributed by atoms with E-state index in [4.69, 9.17) is 7.85 Å². The number of benzene rings is 1. The molecule has 1 N–H and O–H groups in total. The van der Waals surface area contributed by atoms with Crippen molar-refractivity contribution in [1.29, 1.82) is 0 Å². The molecule has 0 atom stereocenters. The molecular weight excluding hydrogens is 231 g/mol. The summed E-state index contributed by atoms with van der Waals surface area (Å²) in [5.41, 5.74) is 3.32. The maximum absolute atomic E-state index is 9.46. The van der Waals surface area contributed by atoms with Crippen LogP contribution in [0.25, 0.3) is 16.2 Å². The maximum atomic E-state index is 9.46. The first kappa shape index (κ1) is 10.6. The number of aliphatic hydroxyl groups excluding tert-OH is 1. The average molecular weight is 240 g/mol. The van der Waals surface area contributed by atoms with E-state index < -0.39 is 0 Å². The van der Waals surface area contributed by atoms with Crippen LogP contribution < -0.4 is 5.46 Å². The third-order valence-corrected chi connectivity index (χ3v) is 3.45. The third kappa shape index (κ3) is 1.68. The lowest BCUT2D eigenvalue weighted by Gasteiger charge is -2.01. The SMILES string of the molecule is [B]c1ccc(-c2nc3sccn3c2CO)cc1. The van der Waals surface area contributed by atoms with Crippen molar-refractivity contribution in [2.45, 2.75) is 6.61 Å². The summed E-state index contributed by atoms with van der Waals surface area (Å²) < 4.78 is 1.91. The molecule has 5 heteroatoms. The summed E-state index contributed by atoms with van der Waals surface area (Å²) in [5, 5.41) is 11.4. The lowest BCUT2D eigenvalue weighted by Crippen LogP contribution is -2.00. The normalized spacial score (nSPS) is 11.1. The molecule has 0 saturated carbocycles. The molecule has 0 amide bonds. The van der Waals surface area contributed by atoms with Crippen molar-refractivity contribution in [2.75, 3.05) is 0 Å². The summed E-state index contributed by atoms with van der Waals surface area (Å²) in [6.07, 6.45) is 1.92. The van der Waals surface area contributed by atoms with E-state index in [9.17, 15) is 5.11 Å². The van der Waals surface area contributed by atoms with Crippen LogP contribution in [0.4, 0.5) is 0 Å². The minimum Gasteiger partial charge on any atom is -0.390 e. The van der Waals surface area contributed by atoms with Gasteiger partial charge in [-0.3, -0.25) is 4.40 Å². The van der Waals surface area contributed by atoms with Crippen molar-refractivity contribution in [2.24, 2.45) is 0 Å². The molecule has 0 unspecified atom stereocenters. The minimum atomic E-state index is -0.0301. The summed E-state index contributed by atoms with van der Waals surface area (Å²) in [6, 6.07) is 7.51. The van der Waals surface area contributed by atoms with E-state index in [-0.39, 0.29) is 6.61 Å². The van der Waals surface area contributed by atoms with Gasteiger partial charge in [0.25, 0.3) is 0 Å². The zero-order valence-electron chi connectivity index (χ0n) is 9.00. The Morgan fingerprint density at radius 2 is 2.06 bits per heavy atom. The second kappa shape index (κ2) is 4.02. The first-order valence-corrected chi connectivity index (χ1v) is 6.09. The van der Waals surface area contributed by atoms with Crippen LogP contribution in [0.3, 0.4) is 0 Å². The van der Waals surface area contributed by atoms with E-state index in [1.54, 1.807) is 11.3 Å². The van der Waals surface area contributed by atoms with Crippen molar-refractivity contribution in [1.82, 2.24) is 9.38 Å². The van der Waals surface area contributed by atoms with Crippen molar-refractivity contribution < 1.29 is 5.11 Å². The smallest absolute Gasteiger partial charge is 0.194 e. The Bertz CT molecular complexity index is 657. The average Bonchev–Trinajstić information content (AvgIpc) is 2.89. The fourth-order valence-electron chi connectivity index (χ4n) is 1.86. The first-order chi connectivity index (χ1) is 8.29. The summed E-state index contributed by atoms with van der Waals surface area (Å²) in [5.74, 6) is 0. The molecule has 0 aliphatic heterocycles. The predicted octanol–water partition coefficient (Wildman–Crippen LogP) is 1.35. The standard InChI is InChI=1S/C12H9BN2OS/c13-9-3-1-8(2-4-9)11-10(7-16)15-5-6-17-12(15)14-11/h1-6,16H,7H2. The number of hydrogen-bond acceptors (Lipinski definition) is 3. The molecule has 0 saturated heterocycles. The topological polar surface area (TPSA) is 37.5 Å². The van der Waals surface area contributed by atoms with E-state index in [1.807, 2.05) is 40.2 Å². The van der Waals surface area contributed by atoms with Gasteiger partial charge in [0.05, 0.1) is 18.0 Å². The van der Waals surface area contributed by atoms with E-state index in [1.165, 1.54) is 0 Å². The Hall–Kier alpha value is -1.59. The molecule has 2 radical (unpaired) electrons. The van der Waals surface area contributed by atoms with Crippen LogP contribution in [0.2, 0.25) is 0 Å². The van der Waals surface area contributed by atoms with Gasteiger partial charge < -0.3 is 5.11 Å². The van der Waals surface area contributed by atoms with Gasteiger partial charge in [-0.05, 0) is 0 Å². The van der Waals surface area contributed by atoms with E-state index >= 15 is 0 Å². The van der Waals surface area contributed by atoms with Gasteiger partial charge in [0.15, 0.2) is 4.96 Å². The lowest BCUT2D eigenvalue weighted by atomic mass is 9.94. The van der Waals surface area contributed by atoms with Crippen LogP contribution in [-0.2, 0) is 6.61 Å². The fourth-order valence-corrected chi connectivity index (χ4v) is 2.59. The van der Waals surface area contributed by atoms with Gasteiger partial charge in [-0.2, -0.15) is 0 Å². The zero-order chi connectivity index (χ0) is 11.8. The predicted molar refractivity (Wildman–Crippen MR) is 69.8 cm³/mol. The van der Waals surface area contributed by atoms with Crippen molar-refractivity contribution >= 4 is 29.6 Å². The van der Waals surface area contributed by atoms with Crippen LogP contribution in [0.15, 0.2) is 35.8 Å². The van der Waals surface area contributed by atoms with E-state index in [0.717, 1.165) is 27.4 Å². The number of fused-ring (bicyclic) bond motifs is 1. The fraction of sp³-hybridized carbons (Fsp3) is 0.0833. The lowest BCUT2D eigenvalue weighted by molar-refractivity contribution is 0.276. The van der Waals surface area contributed by atoms with Crippen molar-refractivity contribution in [3.8, 4) is 11.3 Å². The number of aliphatic hydroxyl groups is 1. The highest BCUT2D eigenvalue weighted by molar-refractivity contribution is 7.15. The van der Waals surface area contributed by atoms with Crippen LogP contribution in [0, 0.1) is 0 Å². The monoisotopic (exact) mass is 240 g/mol. The Labute approximate surface area is 104 Å². The Balaban J connectivity index is 2.22. The molecule has 0 spiro atoms. The molecular formula is C12H9BN2OS. The highest BCUT2D eigenvalue weighted by Gasteiger charge is 2.13. The van der Waals surface area contributed by atoms with Gasteiger partial charge in [-0.1, -0.05) is 29.7 Å². The van der Waals surface area contributed by atoms with Gasteiger partial charge in [0, 0.05) is 17.1 Å². The minimum absolute atomic E-state index is 0.0301. The molecule has 82 valence electrons. The molecule has 0 aliphatic carbocycles. The van der Waals surface area contributed by atoms with Gasteiger partial charge in [-0.25, -0.2) is 4.98 Å². The molecule has 17 heavy (non-hydrogen) atoms. The molecule has 3 aromatic rings. The molecule has 0 aliphatic rings. The molecule has 2 heterocycles. The Kier molecular flexibility index (Phi) is 2.50. The van der Waals surface area contributed by atoms with Crippen LogP contribution in [-0.4, -0.2) is 22.3 Å². The van der Waals surface area contributed by atoms with Gasteiger partial charge in [0.2, 0.25) is 0 Å². The van der Waals surface area contributed by atoms with Gasteiger partial charge in [-0.15, -0.1) is 11.3 Å². The summed E-state index contributed by atoms with van der Waals surface area (Å²) in [4.78, 5) is 5.41. The van der Waals surface area contributed by atoms with Gasteiger partial charge in [0.1, 0.15) is 7.85 Å². The highest BCUT2D eigenvalue weighted by atomic mass is 32.1. The molecule has 0 bridgehead atoms. The van der Waals surface area contributed by atoms with Crippen molar-refractivity contribution in [3.05, 3.63) is 41.5 Å². The highest BCUT2D eigenvalue weighted by Crippen LogP contribution is 2.26. The number of thiazole rings is 1. The molecule has 0 fully saturated rings. The van der Waals surface area contributed by atoms with Crippen molar-refractivity contribution in [3.63, 3.8) is 0 Å². The number of imidazole rings is 1. The number of hydrogen-bond donors (Lipinski definition) is 1. The van der Waals surface area contributed by atoms with Crippen LogP contribution in [0.5, 0.6) is 0 Å². The maximum Gasteiger partial charge on any atom is 0.194 e. The Morgan fingerprint density at radius 1 is 1.29 bits per heavy atom. The largest absolute Gasteiger partial charge is 0.390 e. The molecule has 3 nitrogen and oxygen atoms in total. The van der Waals surface area contributed by atoms with E-state index in [0.29, 0.717) is 0 Å². The summed E-state index contributed by atoms with van der Waals surface area (Å²) in [6.45, 7) is -0.0301. The first-order valence-electron chi connectivity index (χ1n) is 5.21. The third-order valence-electron chi connectivity index (χ3n) is 2.69. The van der Waals surface area contributed by atoms with Crippen LogP contribution >= 0.6 is 11.3 Å². The quantitative estimate of drug-likeness (QED) is 0.686. The number of nitrogens with zero attached hydrogens (tertiary/aromatic N) is 2. The van der Waals surface area contributed by atoms with Crippen LogP contribution in [0.1, 0.15) is 5.69 Å². The Morgan fingerprint density at radius 3 is 2.76 bits per heavy atom. The number of rotatable bonds is 2. The molecule has 2 aromatic heterocycles. The second-order valence-electron chi connectivity index (χ2n) is 3.74. The summed E-state index contributed by atoms with van der Waals surface area (Å²) in [7, 11) is 5.66. The molecule has 3 rings (SSSR count). The van der Waals surface area contributed by atoms with Gasteiger partial charge >= 0.3 is 0 Å². The number of aromatic nitrogens is 2. The van der Waals surface area contributed by atoms with E-state index in [2.05, 4.69) is 4.98 Å². The summed E-state index contributed by atoms with van der Waals surface area (Å²) >= 11 is 1.55. The zero-order valence-corrected chi connectivity index (χ0v) is 9.81. The second-order valence-corrected chi connectivity index (χ2v) is 4.62.